The molecule has 0 bridgehead atoms. The van der Waals surface area contributed by atoms with Gasteiger partial charge in [-0.05, 0) is 50.5 Å². The van der Waals surface area contributed by atoms with Gasteiger partial charge in [0.2, 0.25) is 0 Å². The normalized spacial score (nSPS) is 20.2. The predicted octanol–water partition coefficient (Wildman–Crippen LogP) is 3.92. The molecular formula is C25H22N2O5. The van der Waals surface area contributed by atoms with E-state index in [0.29, 0.717) is 29.3 Å². The molecule has 1 aromatic carbocycles. The molecule has 3 heterocycles. The Morgan fingerprint density at radius 3 is 2.56 bits per heavy atom. The van der Waals surface area contributed by atoms with Crippen molar-refractivity contribution in [3.8, 4) is 17.4 Å². The summed E-state index contributed by atoms with van der Waals surface area (Å²) in [6.45, 7) is 3.82. The van der Waals surface area contributed by atoms with E-state index >= 15 is 0 Å². The zero-order valence-electron chi connectivity index (χ0n) is 17.9. The van der Waals surface area contributed by atoms with E-state index in [1.165, 1.54) is 6.92 Å². The highest BCUT2D eigenvalue weighted by Gasteiger charge is 2.37. The fraction of sp³-hybridized carbons (Fsp3) is 0.280. The summed E-state index contributed by atoms with van der Waals surface area (Å²) in [4.78, 5) is 38.4. The zero-order chi connectivity index (χ0) is 22.8. The van der Waals surface area contributed by atoms with Gasteiger partial charge in [0.25, 0.3) is 11.8 Å². The van der Waals surface area contributed by atoms with E-state index in [9.17, 15) is 19.6 Å². The van der Waals surface area contributed by atoms with Crippen LogP contribution in [0.25, 0.3) is 17.4 Å². The molecule has 1 unspecified atom stereocenters. The van der Waals surface area contributed by atoms with Crippen LogP contribution in [-0.2, 0) is 14.3 Å². The van der Waals surface area contributed by atoms with Gasteiger partial charge in [-0.1, -0.05) is 24.3 Å². The third-order valence-electron chi connectivity index (χ3n) is 5.72. The summed E-state index contributed by atoms with van der Waals surface area (Å²) in [6.07, 6.45) is 2.99. The van der Waals surface area contributed by atoms with Gasteiger partial charge in [-0.15, -0.1) is 0 Å². The van der Waals surface area contributed by atoms with Gasteiger partial charge >= 0.3 is 0 Å². The minimum Gasteiger partial charge on any atom is -0.457 e. The first-order valence-electron chi connectivity index (χ1n) is 10.4. The average Bonchev–Trinajstić information content (AvgIpc) is 3.47. The molecule has 1 saturated heterocycles. The smallest absolute Gasteiger partial charge is 0.271 e. The number of rotatable bonds is 5. The van der Waals surface area contributed by atoms with Crippen LogP contribution in [0.5, 0.6) is 0 Å². The maximum atomic E-state index is 13.1. The maximum Gasteiger partial charge on any atom is 0.271 e. The summed E-state index contributed by atoms with van der Waals surface area (Å²) in [5.74, 6) is -0.0827. The molecule has 0 aliphatic carbocycles. The number of nitriles is 1. The molecule has 1 fully saturated rings. The highest BCUT2D eigenvalue weighted by Crippen LogP contribution is 2.30. The van der Waals surface area contributed by atoms with Crippen LogP contribution in [0.1, 0.15) is 42.8 Å². The third-order valence-corrected chi connectivity index (χ3v) is 5.72. The Kier molecular flexibility index (Phi) is 5.89. The first kappa shape index (κ1) is 21.5. The molecule has 32 heavy (non-hydrogen) atoms. The van der Waals surface area contributed by atoms with Crippen molar-refractivity contribution in [3.63, 3.8) is 0 Å². The SMILES string of the molecule is CC(=O)c1ccc(-c2ccc(/C=C3/C(=O)N(CC4CCCO4)C(=O)C(C#N)=C3C)o2)cc1. The molecule has 7 heteroatoms. The molecule has 7 nitrogen and oxygen atoms in total. The minimum absolute atomic E-state index is 0.0186. The number of carbonyl (C=O) groups is 3. The molecule has 2 aliphatic rings. The van der Waals surface area contributed by atoms with E-state index < -0.39 is 11.8 Å². The largest absolute Gasteiger partial charge is 0.457 e. The summed E-state index contributed by atoms with van der Waals surface area (Å²) in [7, 11) is 0. The van der Waals surface area contributed by atoms with Gasteiger partial charge in [0.1, 0.15) is 23.2 Å². The molecule has 0 spiro atoms. The van der Waals surface area contributed by atoms with Gasteiger partial charge in [-0.2, -0.15) is 5.26 Å². The molecule has 1 aromatic heterocycles. The fourth-order valence-electron chi connectivity index (χ4n) is 3.88. The Balaban J connectivity index is 1.65. The molecule has 0 radical (unpaired) electrons. The van der Waals surface area contributed by atoms with Crippen molar-refractivity contribution in [3.05, 3.63) is 64.4 Å². The molecule has 0 N–H and O–H groups in total. The number of ketones is 1. The number of amides is 2. The molecular weight excluding hydrogens is 408 g/mol. The highest BCUT2D eigenvalue weighted by molar-refractivity contribution is 6.19. The Morgan fingerprint density at radius 1 is 1.19 bits per heavy atom. The lowest BCUT2D eigenvalue weighted by Gasteiger charge is -2.29. The van der Waals surface area contributed by atoms with Crippen LogP contribution in [0, 0.1) is 11.3 Å². The lowest BCUT2D eigenvalue weighted by Crippen LogP contribution is -2.46. The second kappa shape index (κ2) is 8.77. The van der Waals surface area contributed by atoms with E-state index in [2.05, 4.69) is 0 Å². The summed E-state index contributed by atoms with van der Waals surface area (Å²) in [5, 5.41) is 9.52. The summed E-state index contributed by atoms with van der Waals surface area (Å²) in [6, 6.07) is 12.5. The van der Waals surface area contributed by atoms with E-state index in [4.69, 9.17) is 9.15 Å². The second-order valence-electron chi connectivity index (χ2n) is 7.86. The molecule has 4 rings (SSSR count). The van der Waals surface area contributed by atoms with Crippen LogP contribution in [0.3, 0.4) is 0 Å². The highest BCUT2D eigenvalue weighted by atomic mass is 16.5. The summed E-state index contributed by atoms with van der Waals surface area (Å²) < 4.78 is 11.5. The van der Waals surface area contributed by atoms with Crippen molar-refractivity contribution in [2.24, 2.45) is 0 Å². The van der Waals surface area contributed by atoms with Crippen molar-refractivity contribution in [1.82, 2.24) is 4.90 Å². The van der Waals surface area contributed by atoms with Crippen LogP contribution in [0.15, 0.2) is 57.5 Å². The predicted molar refractivity (Wildman–Crippen MR) is 116 cm³/mol. The standard InChI is InChI=1S/C25H22N2O5/c1-15-21(24(29)27(25(30)22(15)13-26)14-20-4-3-11-31-20)12-19-9-10-23(32-19)18-7-5-17(6-8-18)16(2)28/h5-10,12,20H,3-4,11,14H2,1-2H3/b21-12+. The van der Waals surface area contributed by atoms with Crippen LogP contribution >= 0.6 is 0 Å². The van der Waals surface area contributed by atoms with Gasteiger partial charge in [-0.3, -0.25) is 19.3 Å². The lowest BCUT2D eigenvalue weighted by atomic mass is 9.94. The summed E-state index contributed by atoms with van der Waals surface area (Å²) >= 11 is 0. The molecule has 2 aromatic rings. The number of Topliss-reactive ketones (excluding diaryl/α,β-unsaturated/α-hetero) is 1. The molecule has 2 amide bonds. The van der Waals surface area contributed by atoms with Crippen molar-refractivity contribution in [2.45, 2.75) is 32.8 Å². The maximum absolute atomic E-state index is 13.1. The monoisotopic (exact) mass is 430 g/mol. The van der Waals surface area contributed by atoms with Gasteiger partial charge in [0, 0.05) is 23.3 Å². The number of hydrogen-bond donors (Lipinski definition) is 0. The quantitative estimate of drug-likeness (QED) is 0.405. The molecule has 2 aliphatic heterocycles. The van der Waals surface area contributed by atoms with Crippen molar-refractivity contribution >= 4 is 23.7 Å². The van der Waals surface area contributed by atoms with Crippen LogP contribution < -0.4 is 0 Å². The molecule has 162 valence electrons. The number of imide groups is 1. The van der Waals surface area contributed by atoms with E-state index in [-0.39, 0.29) is 29.6 Å². The number of ether oxygens (including phenoxy) is 1. The number of benzene rings is 1. The van der Waals surface area contributed by atoms with Gasteiger partial charge < -0.3 is 9.15 Å². The number of hydrogen-bond acceptors (Lipinski definition) is 6. The zero-order valence-corrected chi connectivity index (χ0v) is 17.9. The average molecular weight is 430 g/mol. The van der Waals surface area contributed by atoms with Gasteiger partial charge in [0.05, 0.1) is 12.6 Å². The Morgan fingerprint density at radius 2 is 1.94 bits per heavy atom. The van der Waals surface area contributed by atoms with E-state index in [1.54, 1.807) is 49.4 Å². The van der Waals surface area contributed by atoms with Crippen LogP contribution in [-0.4, -0.2) is 41.8 Å². The lowest BCUT2D eigenvalue weighted by molar-refractivity contribution is -0.142. The van der Waals surface area contributed by atoms with Crippen LogP contribution in [0.4, 0.5) is 0 Å². The third kappa shape index (κ3) is 4.05. The fourth-order valence-corrected chi connectivity index (χ4v) is 3.88. The molecule has 0 saturated carbocycles. The first-order chi connectivity index (χ1) is 15.4. The number of furan rings is 1. The molecule has 1 atom stereocenters. The van der Waals surface area contributed by atoms with Gasteiger partial charge in [-0.25, -0.2) is 0 Å². The van der Waals surface area contributed by atoms with Crippen LogP contribution in [0.2, 0.25) is 0 Å². The van der Waals surface area contributed by atoms with Gasteiger partial charge in [0.15, 0.2) is 5.78 Å². The van der Waals surface area contributed by atoms with Crippen molar-refractivity contribution in [1.29, 1.82) is 5.26 Å². The Bertz CT molecular complexity index is 1190. The minimum atomic E-state index is -0.589. The van der Waals surface area contributed by atoms with Crippen molar-refractivity contribution in [2.75, 3.05) is 13.2 Å². The topological polar surface area (TPSA) is 101 Å². The summed E-state index contributed by atoms with van der Waals surface area (Å²) in [5.41, 5.74) is 1.91. The second-order valence-corrected chi connectivity index (χ2v) is 7.86. The Labute approximate surface area is 185 Å². The Hall–Kier alpha value is -3.76. The first-order valence-corrected chi connectivity index (χ1v) is 10.4. The van der Waals surface area contributed by atoms with E-state index in [1.807, 2.05) is 6.07 Å². The number of carbonyl (C=O) groups excluding carboxylic acids is 3. The number of nitrogens with zero attached hydrogens (tertiary/aromatic N) is 2. The van der Waals surface area contributed by atoms with E-state index in [0.717, 1.165) is 23.3 Å². The van der Waals surface area contributed by atoms with Crippen molar-refractivity contribution < 1.29 is 23.5 Å².